The van der Waals surface area contributed by atoms with Crippen molar-refractivity contribution in [1.29, 1.82) is 0 Å². The highest BCUT2D eigenvalue weighted by Gasteiger charge is 2.21. The van der Waals surface area contributed by atoms with E-state index in [9.17, 15) is 4.79 Å². The number of ether oxygens (including phenoxy) is 1. The van der Waals surface area contributed by atoms with E-state index in [-0.39, 0.29) is 18.0 Å². The Balaban J connectivity index is 2.75. The third-order valence-electron chi connectivity index (χ3n) is 3.12. The normalized spacial score (nSPS) is 10.7. The van der Waals surface area contributed by atoms with Crippen LogP contribution in [0.3, 0.4) is 0 Å². The molecule has 0 fully saturated rings. The van der Waals surface area contributed by atoms with Crippen LogP contribution >= 0.6 is 15.9 Å². The van der Waals surface area contributed by atoms with Gasteiger partial charge in [-0.3, -0.25) is 4.79 Å². The fraction of sp³-hybridized carbons (Fsp3) is 0.312. The number of hydrogen-bond acceptors (Lipinski definition) is 5. The number of hydrogen-bond donors (Lipinski definition) is 2. The molecule has 6 nitrogen and oxygen atoms in total. The van der Waals surface area contributed by atoms with Crippen molar-refractivity contribution >= 4 is 27.8 Å². The third kappa shape index (κ3) is 3.79. The van der Waals surface area contributed by atoms with E-state index in [4.69, 9.17) is 10.5 Å². The lowest BCUT2D eigenvalue weighted by Gasteiger charge is -2.17. The number of rotatable bonds is 4. The molecule has 2 rings (SSSR count). The predicted octanol–water partition coefficient (Wildman–Crippen LogP) is 2.94. The maximum Gasteiger partial charge on any atom is 0.255 e. The van der Waals surface area contributed by atoms with Gasteiger partial charge < -0.3 is 15.8 Å². The van der Waals surface area contributed by atoms with Crippen molar-refractivity contribution in [2.75, 3.05) is 12.8 Å². The zero-order valence-electron chi connectivity index (χ0n) is 13.5. The van der Waals surface area contributed by atoms with E-state index >= 15 is 0 Å². The van der Waals surface area contributed by atoms with E-state index in [1.165, 1.54) is 0 Å². The molecule has 23 heavy (non-hydrogen) atoms. The summed E-state index contributed by atoms with van der Waals surface area (Å²) in [7, 11) is 1.56. The minimum atomic E-state index is -0.270. The Morgan fingerprint density at radius 2 is 2.04 bits per heavy atom. The monoisotopic (exact) mass is 378 g/mol. The number of carbonyl (C=O) groups excluding carboxylic acids is 1. The molecule has 0 saturated carbocycles. The smallest absolute Gasteiger partial charge is 0.255 e. The third-order valence-corrected chi connectivity index (χ3v) is 3.61. The summed E-state index contributed by atoms with van der Waals surface area (Å²) in [6.45, 7) is 5.60. The zero-order valence-corrected chi connectivity index (χ0v) is 15.1. The largest absolute Gasteiger partial charge is 0.490 e. The molecular weight excluding hydrogens is 360 g/mol. The molecule has 1 amide bonds. The average Bonchev–Trinajstić information content (AvgIpc) is 2.47. The number of halogens is 1. The lowest BCUT2D eigenvalue weighted by Crippen LogP contribution is -2.22. The molecule has 3 N–H and O–H groups in total. The van der Waals surface area contributed by atoms with Gasteiger partial charge in [0.25, 0.3) is 5.91 Å². The lowest BCUT2D eigenvalue weighted by atomic mass is 10.0. The molecule has 0 radical (unpaired) electrons. The van der Waals surface area contributed by atoms with Crippen LogP contribution in [0.1, 0.15) is 29.9 Å². The highest BCUT2D eigenvalue weighted by atomic mass is 79.9. The number of benzene rings is 1. The molecule has 0 bridgehead atoms. The predicted molar refractivity (Wildman–Crippen MR) is 93.5 cm³/mol. The number of nitrogens with one attached hydrogen (secondary N) is 1. The number of amides is 1. The Labute approximate surface area is 143 Å². The topological polar surface area (TPSA) is 90.1 Å². The molecule has 7 heteroatoms. The minimum Gasteiger partial charge on any atom is -0.490 e. The fourth-order valence-corrected chi connectivity index (χ4v) is 2.59. The van der Waals surface area contributed by atoms with Crippen LogP contribution in [0.2, 0.25) is 0 Å². The van der Waals surface area contributed by atoms with Gasteiger partial charge >= 0.3 is 0 Å². The molecule has 1 aromatic heterocycles. The number of carbonyl (C=O) groups is 1. The highest BCUT2D eigenvalue weighted by Crippen LogP contribution is 2.35. The van der Waals surface area contributed by atoms with Gasteiger partial charge in [-0.1, -0.05) is 15.9 Å². The molecule has 0 spiro atoms. The molecule has 122 valence electrons. The van der Waals surface area contributed by atoms with Crippen molar-refractivity contribution in [1.82, 2.24) is 15.3 Å². The van der Waals surface area contributed by atoms with E-state index < -0.39 is 0 Å². The highest BCUT2D eigenvalue weighted by molar-refractivity contribution is 9.10. The summed E-state index contributed by atoms with van der Waals surface area (Å²) in [6.07, 6.45) is -0.0151. The molecule has 1 heterocycles. The van der Waals surface area contributed by atoms with Crippen molar-refractivity contribution in [2.24, 2.45) is 0 Å². The Morgan fingerprint density at radius 3 is 2.65 bits per heavy atom. The van der Waals surface area contributed by atoms with Crippen LogP contribution in [0, 0.1) is 6.92 Å². The van der Waals surface area contributed by atoms with Gasteiger partial charge in [0.05, 0.1) is 23.1 Å². The Morgan fingerprint density at radius 1 is 1.35 bits per heavy atom. The first kappa shape index (κ1) is 17.2. The molecule has 0 atom stereocenters. The summed E-state index contributed by atoms with van der Waals surface area (Å²) in [5, 5.41) is 2.61. The summed E-state index contributed by atoms with van der Waals surface area (Å²) in [4.78, 5) is 20.7. The van der Waals surface area contributed by atoms with Crippen LogP contribution in [-0.2, 0) is 0 Å². The van der Waals surface area contributed by atoms with E-state index in [1.54, 1.807) is 14.0 Å². The van der Waals surface area contributed by atoms with Crippen LogP contribution in [0.25, 0.3) is 11.3 Å². The van der Waals surface area contributed by atoms with E-state index in [2.05, 4.69) is 31.2 Å². The SMILES string of the molecule is CNC(=O)c1c(C)nc(N)nc1-c1cc(Br)ccc1OC(C)C. The van der Waals surface area contributed by atoms with Crippen LogP contribution in [0.4, 0.5) is 5.95 Å². The number of aryl methyl sites for hydroxylation is 1. The molecule has 0 aliphatic carbocycles. The zero-order chi connectivity index (χ0) is 17.1. The summed E-state index contributed by atoms with van der Waals surface area (Å²) in [5.41, 5.74) is 7.82. The van der Waals surface area contributed by atoms with Crippen LogP contribution in [0.15, 0.2) is 22.7 Å². The van der Waals surface area contributed by atoms with Gasteiger partial charge in [0.1, 0.15) is 5.75 Å². The number of nitrogens with zero attached hydrogens (tertiary/aromatic N) is 2. The summed E-state index contributed by atoms with van der Waals surface area (Å²) in [5.74, 6) is 0.472. The maximum absolute atomic E-state index is 12.3. The lowest BCUT2D eigenvalue weighted by molar-refractivity contribution is 0.0962. The summed E-state index contributed by atoms with van der Waals surface area (Å²) >= 11 is 3.44. The molecule has 1 aromatic carbocycles. The van der Waals surface area contributed by atoms with Gasteiger partial charge in [0.2, 0.25) is 5.95 Å². The first-order valence-electron chi connectivity index (χ1n) is 7.16. The van der Waals surface area contributed by atoms with Crippen LogP contribution < -0.4 is 15.8 Å². The molecular formula is C16H19BrN4O2. The van der Waals surface area contributed by atoms with Crippen molar-refractivity contribution < 1.29 is 9.53 Å². The van der Waals surface area contributed by atoms with Crippen LogP contribution in [-0.4, -0.2) is 29.0 Å². The van der Waals surface area contributed by atoms with E-state index in [0.717, 1.165) is 4.47 Å². The Kier molecular flexibility index (Phi) is 5.20. The number of aromatic nitrogens is 2. The Bertz CT molecular complexity index is 747. The van der Waals surface area contributed by atoms with Crippen molar-refractivity contribution in [2.45, 2.75) is 26.9 Å². The van der Waals surface area contributed by atoms with Gasteiger partial charge in [0, 0.05) is 17.1 Å². The van der Waals surface area contributed by atoms with Crippen molar-refractivity contribution in [3.8, 4) is 17.0 Å². The van der Waals surface area contributed by atoms with Gasteiger partial charge in [-0.25, -0.2) is 9.97 Å². The number of anilines is 1. The van der Waals surface area contributed by atoms with E-state index in [1.807, 2.05) is 32.0 Å². The molecule has 0 saturated heterocycles. The molecule has 0 unspecified atom stereocenters. The second kappa shape index (κ2) is 6.95. The van der Waals surface area contributed by atoms with Gasteiger partial charge in [-0.15, -0.1) is 0 Å². The van der Waals surface area contributed by atoms with Crippen LogP contribution in [0.5, 0.6) is 5.75 Å². The van der Waals surface area contributed by atoms with E-state index in [0.29, 0.717) is 28.3 Å². The first-order valence-corrected chi connectivity index (χ1v) is 7.95. The quantitative estimate of drug-likeness (QED) is 0.853. The molecule has 0 aliphatic rings. The standard InChI is InChI=1S/C16H19BrN4O2/c1-8(2)23-12-6-5-10(17)7-11(12)14-13(15(22)19-4)9(3)20-16(18)21-14/h5-8H,1-4H3,(H,19,22)(H2,18,20,21). The summed E-state index contributed by atoms with van der Waals surface area (Å²) in [6, 6.07) is 5.56. The Hall–Kier alpha value is -2.15. The first-order chi connectivity index (χ1) is 10.8. The van der Waals surface area contributed by atoms with Gasteiger partial charge in [0.15, 0.2) is 0 Å². The van der Waals surface area contributed by atoms with Gasteiger partial charge in [-0.2, -0.15) is 0 Å². The second-order valence-electron chi connectivity index (χ2n) is 5.28. The molecule has 2 aromatic rings. The molecule has 0 aliphatic heterocycles. The second-order valence-corrected chi connectivity index (χ2v) is 6.19. The number of nitrogen functional groups attached to an aromatic ring is 1. The minimum absolute atomic E-state index is 0.0151. The number of nitrogens with two attached hydrogens (primary N) is 1. The summed E-state index contributed by atoms with van der Waals surface area (Å²) < 4.78 is 6.70. The van der Waals surface area contributed by atoms with Gasteiger partial charge in [-0.05, 0) is 39.0 Å². The fourth-order valence-electron chi connectivity index (χ4n) is 2.23. The average molecular weight is 379 g/mol. The van der Waals surface area contributed by atoms with Crippen molar-refractivity contribution in [3.05, 3.63) is 33.9 Å². The maximum atomic E-state index is 12.3. The van der Waals surface area contributed by atoms with Crippen molar-refractivity contribution in [3.63, 3.8) is 0 Å².